The van der Waals surface area contributed by atoms with Crippen molar-refractivity contribution in [3.63, 3.8) is 0 Å². The van der Waals surface area contributed by atoms with E-state index in [1.165, 1.54) is 42.5 Å². The molecule has 3 rings (SSSR count). The molecule has 0 aliphatic carbocycles. The quantitative estimate of drug-likeness (QED) is 0.585. The number of aromatic nitrogens is 1. The first-order valence-corrected chi connectivity index (χ1v) is 10.9. The Bertz CT molecular complexity index is 1210. The largest absolute Gasteiger partial charge is 0.433 e. The van der Waals surface area contributed by atoms with E-state index in [4.69, 9.17) is 0 Å². The van der Waals surface area contributed by atoms with Crippen molar-refractivity contribution in [2.45, 2.75) is 24.5 Å². The van der Waals surface area contributed by atoms with Crippen LogP contribution in [-0.4, -0.2) is 30.7 Å². The van der Waals surface area contributed by atoms with Crippen molar-refractivity contribution in [2.75, 3.05) is 12.4 Å². The molecule has 1 heterocycles. The zero-order valence-corrected chi connectivity index (χ0v) is 18.0. The fourth-order valence-electron chi connectivity index (χ4n) is 2.97. The van der Waals surface area contributed by atoms with Gasteiger partial charge in [0.25, 0.3) is 5.91 Å². The molecule has 0 atom stereocenters. The maximum absolute atomic E-state index is 12.8. The lowest BCUT2D eigenvalue weighted by Crippen LogP contribution is -2.26. The molecule has 168 valence electrons. The Labute approximate surface area is 183 Å². The van der Waals surface area contributed by atoms with Crippen LogP contribution in [0.1, 0.15) is 27.3 Å². The van der Waals surface area contributed by atoms with Crippen molar-refractivity contribution in [1.29, 1.82) is 0 Å². The lowest BCUT2D eigenvalue weighted by Gasteiger charge is -2.17. The Morgan fingerprint density at radius 2 is 1.62 bits per heavy atom. The number of amides is 1. The molecule has 6 nitrogen and oxygen atoms in total. The smallest absolute Gasteiger partial charge is 0.322 e. The average molecular weight is 463 g/mol. The van der Waals surface area contributed by atoms with Crippen LogP contribution < -0.4 is 5.32 Å². The second-order valence-corrected chi connectivity index (χ2v) is 9.10. The Morgan fingerprint density at radius 3 is 2.19 bits per heavy atom. The van der Waals surface area contributed by atoms with E-state index in [9.17, 15) is 26.4 Å². The summed E-state index contributed by atoms with van der Waals surface area (Å²) in [6.45, 7) is 1.50. The highest BCUT2D eigenvalue weighted by Gasteiger charge is 2.33. The molecule has 3 aromatic rings. The molecular weight excluding hydrogens is 443 g/mol. The summed E-state index contributed by atoms with van der Waals surface area (Å²) in [5, 5.41) is 2.54. The van der Waals surface area contributed by atoms with E-state index < -0.39 is 27.8 Å². The third kappa shape index (κ3) is 5.32. The van der Waals surface area contributed by atoms with Gasteiger partial charge in [-0.1, -0.05) is 30.3 Å². The standard InChI is InChI=1S/C22H20F3N3O3S/c1-15-19(12-13-20(26-15)22(23,24)25)21(29)27-17-8-10-18(11-9-17)32(30,31)28(2)14-16-6-4-3-5-7-16/h3-13H,14H2,1-2H3,(H,27,29). The van der Waals surface area contributed by atoms with Crippen LogP contribution in [0.15, 0.2) is 71.6 Å². The van der Waals surface area contributed by atoms with Crippen molar-refractivity contribution >= 4 is 21.6 Å². The second-order valence-electron chi connectivity index (χ2n) is 7.05. The molecule has 2 aromatic carbocycles. The van der Waals surface area contributed by atoms with Gasteiger partial charge < -0.3 is 5.32 Å². The Balaban J connectivity index is 1.72. The van der Waals surface area contributed by atoms with Gasteiger partial charge in [-0.25, -0.2) is 13.4 Å². The first kappa shape index (κ1) is 23.4. The second kappa shape index (κ2) is 9.09. The van der Waals surface area contributed by atoms with Gasteiger partial charge in [0.2, 0.25) is 10.0 Å². The van der Waals surface area contributed by atoms with Crippen molar-refractivity contribution in [3.05, 3.63) is 89.2 Å². The summed E-state index contributed by atoms with van der Waals surface area (Å²) in [4.78, 5) is 15.9. The lowest BCUT2D eigenvalue weighted by atomic mass is 10.1. The highest BCUT2D eigenvalue weighted by molar-refractivity contribution is 7.89. The van der Waals surface area contributed by atoms with Gasteiger partial charge in [0, 0.05) is 19.3 Å². The third-order valence-corrected chi connectivity index (χ3v) is 6.51. The van der Waals surface area contributed by atoms with E-state index in [0.717, 1.165) is 17.7 Å². The Morgan fingerprint density at radius 1 is 1.00 bits per heavy atom. The van der Waals surface area contributed by atoms with E-state index in [1.807, 2.05) is 30.3 Å². The van der Waals surface area contributed by atoms with Gasteiger partial charge in [0.05, 0.1) is 16.2 Å². The molecule has 32 heavy (non-hydrogen) atoms. The summed E-state index contributed by atoms with van der Waals surface area (Å²) in [7, 11) is -2.29. The predicted octanol–water partition coefficient (Wildman–Crippen LogP) is 4.48. The van der Waals surface area contributed by atoms with Crippen molar-refractivity contribution in [1.82, 2.24) is 9.29 Å². The highest BCUT2D eigenvalue weighted by Crippen LogP contribution is 2.28. The van der Waals surface area contributed by atoms with Crippen LogP contribution >= 0.6 is 0 Å². The van der Waals surface area contributed by atoms with Crippen LogP contribution in [0.4, 0.5) is 18.9 Å². The van der Waals surface area contributed by atoms with Gasteiger partial charge in [-0.15, -0.1) is 0 Å². The fourth-order valence-corrected chi connectivity index (χ4v) is 4.13. The van der Waals surface area contributed by atoms with Crippen LogP contribution in [-0.2, 0) is 22.7 Å². The molecule has 0 unspecified atom stereocenters. The molecule has 0 aliphatic rings. The number of nitrogens with zero attached hydrogens (tertiary/aromatic N) is 2. The summed E-state index contributed by atoms with van der Waals surface area (Å²) in [5.74, 6) is -0.652. The normalized spacial score (nSPS) is 12.1. The molecule has 0 aliphatic heterocycles. The molecule has 1 aromatic heterocycles. The zero-order valence-electron chi connectivity index (χ0n) is 17.2. The number of hydrogen-bond acceptors (Lipinski definition) is 4. The van der Waals surface area contributed by atoms with Gasteiger partial charge in [-0.05, 0) is 48.9 Å². The number of carbonyl (C=O) groups is 1. The van der Waals surface area contributed by atoms with E-state index in [1.54, 1.807) is 0 Å². The number of rotatable bonds is 6. The molecule has 10 heteroatoms. The third-order valence-electron chi connectivity index (χ3n) is 4.69. The van der Waals surface area contributed by atoms with Crippen molar-refractivity contribution in [2.24, 2.45) is 0 Å². The average Bonchev–Trinajstić information content (AvgIpc) is 2.74. The molecule has 0 saturated carbocycles. The first-order valence-electron chi connectivity index (χ1n) is 9.45. The van der Waals surface area contributed by atoms with Crippen molar-refractivity contribution in [3.8, 4) is 0 Å². The lowest BCUT2D eigenvalue weighted by molar-refractivity contribution is -0.141. The van der Waals surface area contributed by atoms with Crippen molar-refractivity contribution < 1.29 is 26.4 Å². The number of aryl methyl sites for hydroxylation is 1. The number of nitrogens with one attached hydrogen (secondary N) is 1. The fraction of sp³-hybridized carbons (Fsp3) is 0.182. The van der Waals surface area contributed by atoms with Crippen LogP contribution in [0, 0.1) is 6.92 Å². The summed E-state index contributed by atoms with van der Waals surface area (Å²) < 4.78 is 65.0. The van der Waals surface area contributed by atoms with E-state index in [2.05, 4.69) is 10.3 Å². The number of pyridine rings is 1. The highest BCUT2D eigenvalue weighted by atomic mass is 32.2. The van der Waals surface area contributed by atoms with Gasteiger partial charge in [-0.3, -0.25) is 4.79 Å². The molecule has 0 spiro atoms. The zero-order chi connectivity index (χ0) is 23.5. The monoisotopic (exact) mass is 463 g/mol. The topological polar surface area (TPSA) is 79.4 Å². The summed E-state index contributed by atoms with van der Waals surface area (Å²) in [5.41, 5.74) is -0.0426. The van der Waals surface area contributed by atoms with E-state index in [-0.39, 0.29) is 22.7 Å². The molecule has 0 fully saturated rings. The molecule has 0 saturated heterocycles. The number of carbonyl (C=O) groups excluding carboxylic acids is 1. The molecule has 0 bridgehead atoms. The summed E-state index contributed by atoms with van der Waals surface area (Å²) in [6, 6.07) is 16.4. The Kier molecular flexibility index (Phi) is 6.65. The van der Waals surface area contributed by atoms with Crippen LogP contribution in [0.2, 0.25) is 0 Å². The summed E-state index contributed by atoms with van der Waals surface area (Å²) in [6.07, 6.45) is -4.60. The predicted molar refractivity (Wildman–Crippen MR) is 113 cm³/mol. The molecular formula is C22H20F3N3O3S. The minimum atomic E-state index is -4.60. The van der Waals surface area contributed by atoms with Gasteiger partial charge in [-0.2, -0.15) is 17.5 Å². The summed E-state index contributed by atoms with van der Waals surface area (Å²) >= 11 is 0. The molecule has 0 radical (unpaired) electrons. The number of sulfonamides is 1. The van der Waals surface area contributed by atoms with Gasteiger partial charge in [0.1, 0.15) is 5.69 Å². The molecule has 1 amide bonds. The van der Waals surface area contributed by atoms with Crippen LogP contribution in [0.3, 0.4) is 0 Å². The number of benzene rings is 2. The van der Waals surface area contributed by atoms with Crippen LogP contribution in [0.25, 0.3) is 0 Å². The minimum absolute atomic E-state index is 0.0164. The SMILES string of the molecule is Cc1nc(C(F)(F)F)ccc1C(=O)Nc1ccc(S(=O)(=O)N(C)Cc2ccccc2)cc1. The maximum Gasteiger partial charge on any atom is 0.433 e. The number of alkyl halides is 3. The van der Waals surface area contributed by atoms with Gasteiger partial charge >= 0.3 is 6.18 Å². The van der Waals surface area contributed by atoms with E-state index in [0.29, 0.717) is 5.69 Å². The number of halogens is 3. The van der Waals surface area contributed by atoms with Gasteiger partial charge in [0.15, 0.2) is 0 Å². The van der Waals surface area contributed by atoms with Crippen LogP contribution in [0.5, 0.6) is 0 Å². The minimum Gasteiger partial charge on any atom is -0.322 e. The number of anilines is 1. The first-order chi connectivity index (χ1) is 15.0. The Hall–Kier alpha value is -3.24. The molecule has 1 N–H and O–H groups in total. The number of hydrogen-bond donors (Lipinski definition) is 1. The maximum atomic E-state index is 12.8. The van der Waals surface area contributed by atoms with E-state index >= 15 is 0 Å².